The van der Waals surface area contributed by atoms with Gasteiger partial charge in [0.25, 0.3) is 5.91 Å². The van der Waals surface area contributed by atoms with Gasteiger partial charge in [-0.05, 0) is 45.4 Å². The SMILES string of the molecule is Cc1ccc2c(c1)[C@](/C=C\C(=O)c1ccccc1)(c1ccccc1)C(=O)N2C(=O)OC(C)(C)C. The summed E-state index contributed by atoms with van der Waals surface area (Å²) in [6, 6.07) is 23.6. The standard InChI is InChI=1S/C29H27NO4/c1-20-15-16-24-23(19-20)29(22-13-9-6-10-14-22,18-17-25(31)21-11-7-5-8-12-21)26(32)30(24)27(33)34-28(2,3)4/h5-19H,1-4H3/b18-17-/t29-/m0/s1. The third kappa shape index (κ3) is 4.17. The molecule has 34 heavy (non-hydrogen) atoms. The summed E-state index contributed by atoms with van der Waals surface area (Å²) in [7, 11) is 0. The monoisotopic (exact) mass is 453 g/mol. The molecule has 0 bridgehead atoms. The molecule has 4 rings (SSSR count). The first-order valence-electron chi connectivity index (χ1n) is 11.2. The highest BCUT2D eigenvalue weighted by atomic mass is 16.6. The first-order chi connectivity index (χ1) is 16.1. The number of imide groups is 1. The molecule has 3 aromatic carbocycles. The van der Waals surface area contributed by atoms with Crippen molar-refractivity contribution >= 4 is 23.5 Å². The molecular formula is C29H27NO4. The first-order valence-corrected chi connectivity index (χ1v) is 11.2. The lowest BCUT2D eigenvalue weighted by Gasteiger charge is -2.27. The fraction of sp³-hybridized carbons (Fsp3) is 0.207. The molecule has 0 saturated carbocycles. The van der Waals surface area contributed by atoms with Crippen molar-refractivity contribution in [3.8, 4) is 0 Å². The Morgan fingerprint density at radius 3 is 2.15 bits per heavy atom. The van der Waals surface area contributed by atoms with Gasteiger partial charge in [-0.25, -0.2) is 9.69 Å². The lowest BCUT2D eigenvalue weighted by Crippen LogP contribution is -2.45. The molecule has 2 amide bonds. The number of amides is 2. The van der Waals surface area contributed by atoms with Crippen LogP contribution in [0, 0.1) is 6.92 Å². The Bertz CT molecular complexity index is 1270. The Morgan fingerprint density at radius 1 is 0.912 bits per heavy atom. The molecule has 0 aliphatic carbocycles. The molecule has 5 heteroatoms. The lowest BCUT2D eigenvalue weighted by molar-refractivity contribution is -0.120. The minimum atomic E-state index is -1.36. The normalized spacial score (nSPS) is 17.6. The van der Waals surface area contributed by atoms with Gasteiger partial charge in [0.05, 0.1) is 5.69 Å². The third-order valence-electron chi connectivity index (χ3n) is 5.71. The van der Waals surface area contributed by atoms with Crippen LogP contribution in [0.15, 0.2) is 91.0 Å². The molecule has 0 saturated heterocycles. The highest BCUT2D eigenvalue weighted by Crippen LogP contribution is 2.48. The number of nitrogens with zero attached hydrogens (tertiary/aromatic N) is 1. The van der Waals surface area contributed by atoms with E-state index in [4.69, 9.17) is 4.74 Å². The molecule has 3 aromatic rings. The number of ketones is 1. The van der Waals surface area contributed by atoms with E-state index in [9.17, 15) is 14.4 Å². The van der Waals surface area contributed by atoms with Crippen LogP contribution in [0.4, 0.5) is 10.5 Å². The summed E-state index contributed by atoms with van der Waals surface area (Å²) in [6.07, 6.45) is 2.29. The number of hydrogen-bond acceptors (Lipinski definition) is 4. The van der Waals surface area contributed by atoms with Crippen molar-refractivity contribution in [3.63, 3.8) is 0 Å². The van der Waals surface area contributed by atoms with E-state index in [0.29, 0.717) is 22.4 Å². The van der Waals surface area contributed by atoms with Crippen LogP contribution in [-0.4, -0.2) is 23.4 Å². The van der Waals surface area contributed by atoms with Crippen molar-refractivity contribution in [1.29, 1.82) is 0 Å². The van der Waals surface area contributed by atoms with Crippen molar-refractivity contribution < 1.29 is 19.1 Å². The summed E-state index contributed by atoms with van der Waals surface area (Å²) < 4.78 is 5.58. The summed E-state index contributed by atoms with van der Waals surface area (Å²) in [4.78, 5) is 41.4. The summed E-state index contributed by atoms with van der Waals surface area (Å²) in [5.74, 6) is -0.709. The van der Waals surface area contributed by atoms with E-state index in [1.54, 1.807) is 57.2 Å². The molecule has 0 N–H and O–H groups in total. The zero-order chi connectivity index (χ0) is 24.5. The zero-order valence-electron chi connectivity index (χ0n) is 19.7. The predicted molar refractivity (Wildman–Crippen MR) is 132 cm³/mol. The second-order valence-corrected chi connectivity index (χ2v) is 9.38. The molecule has 1 aliphatic heterocycles. The van der Waals surface area contributed by atoms with E-state index >= 15 is 0 Å². The Labute approximate surface area is 199 Å². The summed E-state index contributed by atoms with van der Waals surface area (Å²) in [6.45, 7) is 7.19. The van der Waals surface area contributed by atoms with Crippen molar-refractivity contribution in [2.75, 3.05) is 4.90 Å². The highest BCUT2D eigenvalue weighted by Gasteiger charge is 2.53. The van der Waals surface area contributed by atoms with E-state index in [1.807, 2.05) is 55.5 Å². The lowest BCUT2D eigenvalue weighted by atomic mass is 9.74. The Hall–Kier alpha value is -3.99. The molecule has 0 spiro atoms. The fourth-order valence-electron chi connectivity index (χ4n) is 4.19. The van der Waals surface area contributed by atoms with Crippen molar-refractivity contribution in [1.82, 2.24) is 0 Å². The number of aryl methyl sites for hydroxylation is 1. The van der Waals surface area contributed by atoms with Gasteiger partial charge < -0.3 is 4.74 Å². The van der Waals surface area contributed by atoms with Crippen LogP contribution in [0.25, 0.3) is 0 Å². The molecule has 0 unspecified atom stereocenters. The van der Waals surface area contributed by atoms with E-state index in [-0.39, 0.29) is 5.78 Å². The van der Waals surface area contributed by atoms with Crippen molar-refractivity contribution in [3.05, 3.63) is 113 Å². The van der Waals surface area contributed by atoms with Gasteiger partial charge in [0.15, 0.2) is 5.78 Å². The number of carbonyl (C=O) groups is 3. The van der Waals surface area contributed by atoms with Gasteiger partial charge >= 0.3 is 6.09 Å². The van der Waals surface area contributed by atoms with E-state index < -0.39 is 23.0 Å². The number of rotatable bonds is 4. The highest BCUT2D eigenvalue weighted by molar-refractivity contribution is 6.24. The van der Waals surface area contributed by atoms with Gasteiger partial charge in [-0.2, -0.15) is 0 Å². The van der Waals surface area contributed by atoms with Gasteiger partial charge in [-0.15, -0.1) is 0 Å². The van der Waals surface area contributed by atoms with Gasteiger partial charge in [0.2, 0.25) is 0 Å². The van der Waals surface area contributed by atoms with Gasteiger partial charge in [-0.1, -0.05) is 84.4 Å². The summed E-state index contributed by atoms with van der Waals surface area (Å²) >= 11 is 0. The molecular weight excluding hydrogens is 426 g/mol. The predicted octanol–water partition coefficient (Wildman–Crippen LogP) is 6.00. The number of benzene rings is 3. The Kier molecular flexibility index (Phi) is 5.96. The van der Waals surface area contributed by atoms with Crippen LogP contribution >= 0.6 is 0 Å². The maximum Gasteiger partial charge on any atom is 0.421 e. The largest absolute Gasteiger partial charge is 0.443 e. The molecule has 0 radical (unpaired) electrons. The maximum absolute atomic E-state index is 14.1. The molecule has 0 fully saturated rings. The minimum absolute atomic E-state index is 0.228. The smallest absolute Gasteiger partial charge is 0.421 e. The fourth-order valence-corrected chi connectivity index (χ4v) is 4.19. The van der Waals surface area contributed by atoms with Crippen LogP contribution in [0.5, 0.6) is 0 Å². The number of ether oxygens (including phenoxy) is 1. The molecule has 1 heterocycles. The molecule has 5 nitrogen and oxygen atoms in total. The topological polar surface area (TPSA) is 63.7 Å². The van der Waals surface area contributed by atoms with E-state index in [1.165, 1.54) is 6.08 Å². The average molecular weight is 454 g/mol. The van der Waals surface area contributed by atoms with Crippen LogP contribution in [0.2, 0.25) is 0 Å². The van der Waals surface area contributed by atoms with Crippen molar-refractivity contribution in [2.24, 2.45) is 0 Å². The molecule has 1 atom stereocenters. The van der Waals surface area contributed by atoms with Gasteiger partial charge in [0.1, 0.15) is 11.0 Å². The molecule has 0 aromatic heterocycles. The molecule has 1 aliphatic rings. The van der Waals surface area contributed by atoms with Crippen LogP contribution in [0.1, 0.15) is 47.8 Å². The second-order valence-electron chi connectivity index (χ2n) is 9.38. The third-order valence-corrected chi connectivity index (χ3v) is 5.71. The summed E-state index contributed by atoms with van der Waals surface area (Å²) in [5.41, 5.74) is 1.05. The number of allylic oxidation sites excluding steroid dienone is 1. The van der Waals surface area contributed by atoms with Crippen molar-refractivity contribution in [2.45, 2.75) is 38.7 Å². The first kappa shape index (κ1) is 23.2. The Balaban J connectivity index is 1.92. The second kappa shape index (κ2) is 8.75. The maximum atomic E-state index is 14.1. The van der Waals surface area contributed by atoms with Crippen LogP contribution in [-0.2, 0) is 14.9 Å². The quantitative estimate of drug-likeness (QED) is 0.359. The van der Waals surface area contributed by atoms with Crippen LogP contribution in [0.3, 0.4) is 0 Å². The van der Waals surface area contributed by atoms with Crippen LogP contribution < -0.4 is 4.90 Å². The number of anilines is 1. The van der Waals surface area contributed by atoms with E-state index in [2.05, 4.69) is 0 Å². The van der Waals surface area contributed by atoms with Gasteiger partial charge in [-0.3, -0.25) is 9.59 Å². The minimum Gasteiger partial charge on any atom is -0.443 e. The zero-order valence-corrected chi connectivity index (χ0v) is 19.7. The van der Waals surface area contributed by atoms with Gasteiger partial charge in [0, 0.05) is 11.1 Å². The van der Waals surface area contributed by atoms with E-state index in [0.717, 1.165) is 10.5 Å². The number of fused-ring (bicyclic) bond motifs is 1. The Morgan fingerprint density at radius 2 is 1.53 bits per heavy atom. The number of carbonyl (C=O) groups excluding carboxylic acids is 3. The number of hydrogen-bond donors (Lipinski definition) is 0. The molecule has 172 valence electrons. The average Bonchev–Trinajstić information content (AvgIpc) is 3.05. The summed E-state index contributed by atoms with van der Waals surface area (Å²) in [5, 5.41) is 0.